The van der Waals surface area contributed by atoms with Crippen LogP contribution in [0.15, 0.2) is 79.0 Å². The predicted molar refractivity (Wildman–Crippen MR) is 144 cm³/mol. The van der Waals surface area contributed by atoms with Crippen molar-refractivity contribution in [2.75, 3.05) is 0 Å². The molecule has 5 rings (SSSR count). The largest absolute Gasteiger partial charge is 0.393 e. The van der Waals surface area contributed by atoms with Gasteiger partial charge in [-0.2, -0.15) is 0 Å². The minimum atomic E-state index is -0.375. The normalized spacial score (nSPS) is 12.4. The molecule has 0 spiro atoms. The van der Waals surface area contributed by atoms with E-state index in [1.54, 1.807) is 13.8 Å². The standard InChI is InChI=1S/C26H19N2.C5H12O2.Ir/c1-17-16-27-26(18(2)28-17)22-13-11-19-10-12-21(14-23(19)15-22)25-9-5-7-20-6-3-4-8-24(20)25;1-4(6)3-5(2)7;/h3-12,14-16H,1-2H3;4-7H,3H2,1-2H3;/q-1;;. The van der Waals surface area contributed by atoms with Crippen LogP contribution < -0.4 is 0 Å². The first-order chi connectivity index (χ1) is 16.8. The minimum absolute atomic E-state index is 0. The van der Waals surface area contributed by atoms with Crippen molar-refractivity contribution < 1.29 is 30.3 Å². The van der Waals surface area contributed by atoms with E-state index in [0.717, 1.165) is 22.6 Å². The SMILES string of the molecule is CC(O)CC(C)O.Cc1cnc(-c2[c-]cc3ccc(-c4cccc5ccccc45)cc3c2)c(C)n1.[Ir]. The molecule has 0 aliphatic carbocycles. The van der Waals surface area contributed by atoms with Crippen LogP contribution in [0, 0.1) is 19.9 Å². The maximum absolute atomic E-state index is 8.56. The zero-order valence-electron chi connectivity index (χ0n) is 21.0. The van der Waals surface area contributed by atoms with E-state index in [9.17, 15) is 0 Å². The van der Waals surface area contributed by atoms with Crippen LogP contribution >= 0.6 is 0 Å². The number of hydrogen-bond acceptors (Lipinski definition) is 4. The van der Waals surface area contributed by atoms with Crippen molar-refractivity contribution in [1.29, 1.82) is 0 Å². The van der Waals surface area contributed by atoms with Crippen molar-refractivity contribution in [3.05, 3.63) is 96.4 Å². The molecular weight excluding hydrogens is 625 g/mol. The molecule has 1 aromatic heterocycles. The Labute approximate surface area is 226 Å². The zero-order valence-corrected chi connectivity index (χ0v) is 23.4. The van der Waals surface area contributed by atoms with E-state index in [1.165, 1.54) is 32.7 Å². The first-order valence-corrected chi connectivity index (χ1v) is 11.9. The van der Waals surface area contributed by atoms with Gasteiger partial charge in [0.25, 0.3) is 0 Å². The fraction of sp³-hybridized carbons (Fsp3) is 0.226. The summed E-state index contributed by atoms with van der Waals surface area (Å²) in [6, 6.07) is 29.2. The number of aliphatic hydroxyl groups excluding tert-OH is 2. The van der Waals surface area contributed by atoms with Gasteiger partial charge in [-0.15, -0.1) is 29.1 Å². The molecule has 0 aliphatic rings. The van der Waals surface area contributed by atoms with Gasteiger partial charge in [0.15, 0.2) is 0 Å². The smallest absolute Gasteiger partial charge is 0.0539 e. The molecule has 2 N–H and O–H groups in total. The van der Waals surface area contributed by atoms with Crippen LogP contribution in [-0.2, 0) is 20.1 Å². The molecule has 5 aromatic rings. The fourth-order valence-electron chi connectivity index (χ4n) is 4.32. The summed E-state index contributed by atoms with van der Waals surface area (Å²) in [7, 11) is 0. The van der Waals surface area contributed by atoms with Crippen LogP contribution in [0.3, 0.4) is 0 Å². The first-order valence-electron chi connectivity index (χ1n) is 11.9. The second-order valence-electron chi connectivity index (χ2n) is 9.10. The molecule has 0 aliphatic heterocycles. The molecule has 2 atom stereocenters. The molecule has 1 heterocycles. The van der Waals surface area contributed by atoms with Gasteiger partial charge in [-0.1, -0.05) is 66.0 Å². The Hall–Kier alpha value is -2.95. The van der Waals surface area contributed by atoms with Crippen LogP contribution in [-0.4, -0.2) is 32.4 Å². The van der Waals surface area contributed by atoms with E-state index in [-0.39, 0.29) is 32.3 Å². The Balaban J connectivity index is 0.000000400. The molecule has 0 amide bonds. The second-order valence-corrected chi connectivity index (χ2v) is 9.10. The number of nitrogens with zero attached hydrogens (tertiary/aromatic N) is 2. The molecule has 0 fully saturated rings. The van der Waals surface area contributed by atoms with Gasteiger partial charge < -0.3 is 15.2 Å². The summed E-state index contributed by atoms with van der Waals surface area (Å²) in [4.78, 5) is 9.13. The number of aliphatic hydroxyl groups is 2. The Morgan fingerprint density at radius 1 is 0.833 bits per heavy atom. The minimum Gasteiger partial charge on any atom is -0.393 e. The predicted octanol–water partition coefficient (Wildman–Crippen LogP) is 6.67. The second kappa shape index (κ2) is 12.3. The van der Waals surface area contributed by atoms with Gasteiger partial charge in [0.1, 0.15) is 0 Å². The van der Waals surface area contributed by atoms with E-state index in [0.29, 0.717) is 6.42 Å². The molecule has 0 saturated carbocycles. The molecule has 0 saturated heterocycles. The molecule has 187 valence electrons. The van der Waals surface area contributed by atoms with Crippen molar-refractivity contribution in [1.82, 2.24) is 9.97 Å². The van der Waals surface area contributed by atoms with E-state index in [4.69, 9.17) is 10.2 Å². The summed E-state index contributed by atoms with van der Waals surface area (Å²) in [5.41, 5.74) is 6.20. The van der Waals surface area contributed by atoms with Crippen molar-refractivity contribution in [2.45, 2.75) is 46.3 Å². The Morgan fingerprint density at radius 2 is 1.56 bits per heavy atom. The Morgan fingerprint density at radius 3 is 2.25 bits per heavy atom. The van der Waals surface area contributed by atoms with Gasteiger partial charge in [-0.25, -0.2) is 0 Å². The average molecular weight is 656 g/mol. The van der Waals surface area contributed by atoms with Crippen molar-refractivity contribution >= 4 is 21.5 Å². The summed E-state index contributed by atoms with van der Waals surface area (Å²) in [6.07, 6.45) is 1.53. The molecular formula is C31H31IrN2O2-. The third-order valence-electron chi connectivity index (χ3n) is 5.88. The van der Waals surface area contributed by atoms with E-state index in [1.807, 2.05) is 26.1 Å². The van der Waals surface area contributed by atoms with E-state index in [2.05, 4.69) is 82.8 Å². The van der Waals surface area contributed by atoms with Gasteiger partial charge in [-0.3, -0.25) is 4.98 Å². The van der Waals surface area contributed by atoms with Crippen LogP contribution in [0.5, 0.6) is 0 Å². The van der Waals surface area contributed by atoms with Gasteiger partial charge in [0.2, 0.25) is 0 Å². The molecule has 4 aromatic carbocycles. The van der Waals surface area contributed by atoms with Crippen molar-refractivity contribution in [3.63, 3.8) is 0 Å². The maximum Gasteiger partial charge on any atom is 0.0539 e. The molecule has 2 unspecified atom stereocenters. The average Bonchev–Trinajstić information content (AvgIpc) is 2.82. The molecule has 4 nitrogen and oxygen atoms in total. The van der Waals surface area contributed by atoms with E-state index < -0.39 is 0 Å². The van der Waals surface area contributed by atoms with Crippen LogP contribution in [0.25, 0.3) is 43.9 Å². The van der Waals surface area contributed by atoms with Crippen LogP contribution in [0.2, 0.25) is 0 Å². The summed E-state index contributed by atoms with van der Waals surface area (Å²) < 4.78 is 0. The van der Waals surface area contributed by atoms with Crippen LogP contribution in [0.4, 0.5) is 0 Å². The van der Waals surface area contributed by atoms with E-state index >= 15 is 0 Å². The number of aromatic nitrogens is 2. The third kappa shape index (κ3) is 6.63. The quantitative estimate of drug-likeness (QED) is 0.213. The number of hydrogen-bond donors (Lipinski definition) is 2. The number of aryl methyl sites for hydroxylation is 2. The first kappa shape index (κ1) is 27.6. The summed E-state index contributed by atoms with van der Waals surface area (Å²) in [5.74, 6) is 0. The van der Waals surface area contributed by atoms with Crippen LogP contribution in [0.1, 0.15) is 31.7 Å². The molecule has 1 radical (unpaired) electrons. The van der Waals surface area contributed by atoms with Gasteiger partial charge >= 0.3 is 0 Å². The topological polar surface area (TPSA) is 66.2 Å². The number of rotatable bonds is 4. The fourth-order valence-corrected chi connectivity index (χ4v) is 4.32. The maximum atomic E-state index is 8.56. The van der Waals surface area contributed by atoms with Gasteiger partial charge in [-0.05, 0) is 56.0 Å². The van der Waals surface area contributed by atoms with Gasteiger partial charge in [0.05, 0.1) is 17.9 Å². The Kier molecular flexibility index (Phi) is 9.47. The summed E-state index contributed by atoms with van der Waals surface area (Å²) in [6.45, 7) is 7.28. The third-order valence-corrected chi connectivity index (χ3v) is 5.88. The summed E-state index contributed by atoms with van der Waals surface area (Å²) in [5, 5.41) is 22.0. The molecule has 36 heavy (non-hydrogen) atoms. The number of benzene rings is 4. The van der Waals surface area contributed by atoms with Crippen molar-refractivity contribution in [3.8, 4) is 22.4 Å². The summed E-state index contributed by atoms with van der Waals surface area (Å²) >= 11 is 0. The number of fused-ring (bicyclic) bond motifs is 2. The zero-order chi connectivity index (χ0) is 24.9. The molecule has 0 bridgehead atoms. The van der Waals surface area contributed by atoms with Gasteiger partial charge in [0, 0.05) is 37.7 Å². The van der Waals surface area contributed by atoms with Crippen molar-refractivity contribution in [2.24, 2.45) is 0 Å². The molecule has 5 heteroatoms. The monoisotopic (exact) mass is 656 g/mol. The Bertz CT molecular complexity index is 1450.